The standard InChI is InChI=1S/C13H19N5/c1-10-7-11(2)18(16-10)12-3-6-17(8-12)9-13-14-4-5-15-13/h4-5,7,12H,3,6,8-9H2,1-2H3,(H,14,15). The third kappa shape index (κ3) is 2.18. The van der Waals surface area contributed by atoms with Crippen LogP contribution in [0.1, 0.15) is 29.7 Å². The minimum atomic E-state index is 0.508. The van der Waals surface area contributed by atoms with Crippen LogP contribution in [-0.2, 0) is 6.54 Å². The van der Waals surface area contributed by atoms with Gasteiger partial charge >= 0.3 is 0 Å². The van der Waals surface area contributed by atoms with E-state index in [2.05, 4.69) is 44.6 Å². The van der Waals surface area contributed by atoms with Gasteiger partial charge in [0.25, 0.3) is 0 Å². The van der Waals surface area contributed by atoms with E-state index in [1.54, 1.807) is 0 Å². The third-order valence-corrected chi connectivity index (χ3v) is 3.57. The molecule has 1 N–H and O–H groups in total. The number of aryl methyl sites for hydroxylation is 2. The zero-order valence-electron chi connectivity index (χ0n) is 10.9. The van der Waals surface area contributed by atoms with E-state index in [1.807, 2.05) is 12.4 Å². The highest BCUT2D eigenvalue weighted by molar-refractivity contribution is 5.08. The van der Waals surface area contributed by atoms with E-state index in [0.29, 0.717) is 6.04 Å². The summed E-state index contributed by atoms with van der Waals surface area (Å²) >= 11 is 0. The summed E-state index contributed by atoms with van der Waals surface area (Å²) in [4.78, 5) is 9.87. The molecule has 1 unspecified atom stereocenters. The van der Waals surface area contributed by atoms with E-state index in [1.165, 1.54) is 12.1 Å². The molecule has 1 fully saturated rings. The lowest BCUT2D eigenvalue weighted by Gasteiger charge is -2.15. The molecule has 3 rings (SSSR count). The number of hydrogen-bond acceptors (Lipinski definition) is 3. The van der Waals surface area contributed by atoms with E-state index in [0.717, 1.165) is 31.2 Å². The van der Waals surface area contributed by atoms with Crippen LogP contribution >= 0.6 is 0 Å². The summed E-state index contributed by atoms with van der Waals surface area (Å²) in [6.07, 6.45) is 4.86. The number of imidazole rings is 1. The van der Waals surface area contributed by atoms with Crippen molar-refractivity contribution in [2.45, 2.75) is 32.9 Å². The monoisotopic (exact) mass is 245 g/mol. The third-order valence-electron chi connectivity index (χ3n) is 3.57. The maximum absolute atomic E-state index is 4.59. The summed E-state index contributed by atoms with van der Waals surface area (Å²) in [5, 5.41) is 4.59. The lowest BCUT2D eigenvalue weighted by molar-refractivity contribution is 0.304. The largest absolute Gasteiger partial charge is 0.348 e. The van der Waals surface area contributed by atoms with Crippen molar-refractivity contribution in [3.8, 4) is 0 Å². The van der Waals surface area contributed by atoms with Crippen molar-refractivity contribution in [3.05, 3.63) is 35.7 Å². The molecule has 0 saturated carbocycles. The number of H-pyrrole nitrogens is 1. The highest BCUT2D eigenvalue weighted by Crippen LogP contribution is 2.23. The molecule has 1 atom stereocenters. The fourth-order valence-electron chi connectivity index (χ4n) is 2.77. The summed E-state index contributed by atoms with van der Waals surface area (Å²) in [6.45, 7) is 7.27. The Balaban J connectivity index is 1.66. The second-order valence-corrected chi connectivity index (χ2v) is 5.09. The molecule has 2 aromatic heterocycles. The normalized spacial score (nSPS) is 20.7. The summed E-state index contributed by atoms with van der Waals surface area (Å²) < 4.78 is 2.18. The van der Waals surface area contributed by atoms with E-state index in [-0.39, 0.29) is 0 Å². The Morgan fingerprint density at radius 3 is 3.00 bits per heavy atom. The number of hydrogen-bond donors (Lipinski definition) is 1. The molecule has 0 aromatic carbocycles. The van der Waals surface area contributed by atoms with Crippen molar-refractivity contribution in [1.29, 1.82) is 0 Å². The van der Waals surface area contributed by atoms with Crippen LogP contribution in [0.2, 0.25) is 0 Å². The Labute approximate surface area is 107 Å². The van der Waals surface area contributed by atoms with Gasteiger partial charge in [0.1, 0.15) is 5.82 Å². The van der Waals surface area contributed by atoms with Crippen LogP contribution in [-0.4, -0.2) is 37.7 Å². The van der Waals surface area contributed by atoms with Crippen molar-refractivity contribution in [3.63, 3.8) is 0 Å². The number of aromatic amines is 1. The van der Waals surface area contributed by atoms with Crippen LogP contribution < -0.4 is 0 Å². The molecule has 2 aromatic rings. The average Bonchev–Trinajstić information content (AvgIpc) is 3.01. The number of likely N-dealkylation sites (tertiary alicyclic amines) is 1. The van der Waals surface area contributed by atoms with Crippen LogP contribution in [0.25, 0.3) is 0 Å². The second-order valence-electron chi connectivity index (χ2n) is 5.09. The average molecular weight is 245 g/mol. The van der Waals surface area contributed by atoms with Gasteiger partial charge in [-0.25, -0.2) is 4.98 Å². The van der Waals surface area contributed by atoms with E-state index in [9.17, 15) is 0 Å². The predicted octanol–water partition coefficient (Wildman–Crippen LogP) is 1.67. The molecule has 5 heteroatoms. The SMILES string of the molecule is Cc1cc(C)n(C2CCN(Cc3ncc[nH]3)C2)n1. The number of nitrogens with one attached hydrogen (secondary N) is 1. The fourth-order valence-corrected chi connectivity index (χ4v) is 2.77. The van der Waals surface area contributed by atoms with Gasteiger partial charge < -0.3 is 4.98 Å². The molecule has 1 aliphatic heterocycles. The molecule has 0 bridgehead atoms. The first-order valence-electron chi connectivity index (χ1n) is 6.46. The van der Waals surface area contributed by atoms with Crippen LogP contribution in [0, 0.1) is 13.8 Å². The molecule has 3 heterocycles. The van der Waals surface area contributed by atoms with Gasteiger partial charge in [0.2, 0.25) is 0 Å². The minimum Gasteiger partial charge on any atom is -0.348 e. The Morgan fingerprint density at radius 2 is 2.33 bits per heavy atom. The molecule has 0 radical (unpaired) electrons. The van der Waals surface area contributed by atoms with E-state index in [4.69, 9.17) is 0 Å². The van der Waals surface area contributed by atoms with Crippen molar-refractivity contribution in [2.75, 3.05) is 13.1 Å². The molecule has 0 aliphatic carbocycles. The summed E-state index contributed by atoms with van der Waals surface area (Å²) in [6, 6.07) is 2.66. The topological polar surface area (TPSA) is 49.7 Å². The molecule has 0 amide bonds. The lowest BCUT2D eigenvalue weighted by Crippen LogP contribution is -2.22. The molecule has 96 valence electrons. The molecule has 0 spiro atoms. The fraction of sp³-hybridized carbons (Fsp3) is 0.538. The number of rotatable bonds is 3. The molecular formula is C13H19N5. The van der Waals surface area contributed by atoms with Gasteiger partial charge in [0.05, 0.1) is 18.3 Å². The van der Waals surface area contributed by atoms with Crippen LogP contribution in [0.15, 0.2) is 18.5 Å². The van der Waals surface area contributed by atoms with Crippen molar-refractivity contribution in [1.82, 2.24) is 24.6 Å². The van der Waals surface area contributed by atoms with Gasteiger partial charge in [-0.15, -0.1) is 0 Å². The maximum Gasteiger partial charge on any atom is 0.120 e. The maximum atomic E-state index is 4.59. The Bertz CT molecular complexity index is 513. The molecule has 1 aliphatic rings. The second kappa shape index (κ2) is 4.57. The lowest BCUT2D eigenvalue weighted by atomic mass is 10.2. The van der Waals surface area contributed by atoms with E-state index < -0.39 is 0 Å². The van der Waals surface area contributed by atoms with Gasteiger partial charge in [-0.3, -0.25) is 9.58 Å². The molecule has 1 saturated heterocycles. The van der Waals surface area contributed by atoms with Crippen molar-refractivity contribution in [2.24, 2.45) is 0 Å². The smallest absolute Gasteiger partial charge is 0.120 e. The summed E-state index contributed by atoms with van der Waals surface area (Å²) in [5.41, 5.74) is 2.37. The first kappa shape index (κ1) is 11.5. The van der Waals surface area contributed by atoms with E-state index >= 15 is 0 Å². The zero-order valence-corrected chi connectivity index (χ0v) is 10.9. The van der Waals surface area contributed by atoms with Gasteiger partial charge in [0, 0.05) is 31.2 Å². The quantitative estimate of drug-likeness (QED) is 0.895. The number of aromatic nitrogens is 4. The summed E-state index contributed by atoms with van der Waals surface area (Å²) in [7, 11) is 0. The van der Waals surface area contributed by atoms with Gasteiger partial charge in [-0.1, -0.05) is 0 Å². The predicted molar refractivity (Wildman–Crippen MR) is 69.2 cm³/mol. The van der Waals surface area contributed by atoms with Crippen molar-refractivity contribution < 1.29 is 0 Å². The van der Waals surface area contributed by atoms with Crippen LogP contribution in [0.5, 0.6) is 0 Å². The Hall–Kier alpha value is -1.62. The first-order chi connectivity index (χ1) is 8.72. The Kier molecular flexibility index (Phi) is 2.91. The highest BCUT2D eigenvalue weighted by Gasteiger charge is 2.25. The number of nitrogens with zero attached hydrogens (tertiary/aromatic N) is 4. The molecule has 18 heavy (non-hydrogen) atoms. The van der Waals surface area contributed by atoms with Gasteiger partial charge in [-0.2, -0.15) is 5.10 Å². The highest BCUT2D eigenvalue weighted by atomic mass is 15.3. The molecular weight excluding hydrogens is 226 g/mol. The Morgan fingerprint density at radius 1 is 1.44 bits per heavy atom. The first-order valence-corrected chi connectivity index (χ1v) is 6.46. The van der Waals surface area contributed by atoms with Gasteiger partial charge in [0.15, 0.2) is 0 Å². The van der Waals surface area contributed by atoms with Crippen molar-refractivity contribution >= 4 is 0 Å². The van der Waals surface area contributed by atoms with Crippen LogP contribution in [0.3, 0.4) is 0 Å². The minimum absolute atomic E-state index is 0.508. The zero-order chi connectivity index (χ0) is 12.5. The van der Waals surface area contributed by atoms with Crippen LogP contribution in [0.4, 0.5) is 0 Å². The molecule has 5 nitrogen and oxygen atoms in total. The van der Waals surface area contributed by atoms with Gasteiger partial charge in [-0.05, 0) is 26.3 Å². The summed E-state index contributed by atoms with van der Waals surface area (Å²) in [5.74, 6) is 1.05.